The van der Waals surface area contributed by atoms with Gasteiger partial charge in [-0.15, -0.1) is 10.2 Å². The SMILES string of the molecule is CCc1nnc(Nc2cccc([C@@H]3CCCN(C(=O)c4c(C(C)C)noc4C)C3)n2)s1. The second kappa shape index (κ2) is 9.13. The molecular formula is C22H28N6O2S. The molecule has 1 atom stereocenters. The van der Waals surface area contributed by atoms with Gasteiger partial charge in [0.15, 0.2) is 0 Å². The van der Waals surface area contributed by atoms with Gasteiger partial charge < -0.3 is 14.7 Å². The number of likely N-dealkylation sites (tertiary alicyclic amines) is 1. The summed E-state index contributed by atoms with van der Waals surface area (Å²) in [5.74, 6) is 1.65. The van der Waals surface area contributed by atoms with Crippen LogP contribution < -0.4 is 5.32 Å². The fraction of sp³-hybridized carbons (Fsp3) is 0.500. The molecular weight excluding hydrogens is 412 g/mol. The number of carbonyl (C=O) groups is 1. The number of amides is 1. The van der Waals surface area contributed by atoms with Crippen LogP contribution in [0.15, 0.2) is 22.7 Å². The molecule has 3 aromatic heterocycles. The number of nitrogens with one attached hydrogen (secondary N) is 1. The maximum atomic E-state index is 13.3. The van der Waals surface area contributed by atoms with Crippen LogP contribution in [-0.4, -0.2) is 44.2 Å². The van der Waals surface area contributed by atoms with Gasteiger partial charge in [0, 0.05) is 24.7 Å². The van der Waals surface area contributed by atoms with Crippen LogP contribution in [0.1, 0.15) is 78.0 Å². The zero-order chi connectivity index (χ0) is 22.0. The van der Waals surface area contributed by atoms with Gasteiger partial charge >= 0.3 is 0 Å². The van der Waals surface area contributed by atoms with Gasteiger partial charge in [0.05, 0.1) is 5.69 Å². The van der Waals surface area contributed by atoms with Gasteiger partial charge in [0.1, 0.15) is 22.1 Å². The Morgan fingerprint density at radius 3 is 2.94 bits per heavy atom. The summed E-state index contributed by atoms with van der Waals surface area (Å²) in [4.78, 5) is 20.0. The molecule has 0 saturated carbocycles. The van der Waals surface area contributed by atoms with E-state index in [0.29, 0.717) is 17.9 Å². The smallest absolute Gasteiger partial charge is 0.259 e. The molecule has 0 spiro atoms. The van der Waals surface area contributed by atoms with Crippen LogP contribution >= 0.6 is 11.3 Å². The molecule has 164 valence electrons. The maximum Gasteiger partial charge on any atom is 0.259 e. The molecule has 0 bridgehead atoms. The summed E-state index contributed by atoms with van der Waals surface area (Å²) in [6.07, 6.45) is 2.80. The second-order valence-electron chi connectivity index (χ2n) is 8.17. The number of carbonyl (C=O) groups excluding carboxylic acids is 1. The molecule has 0 unspecified atom stereocenters. The lowest BCUT2D eigenvalue weighted by atomic mass is 9.93. The first-order chi connectivity index (χ1) is 15.0. The molecule has 0 aliphatic carbocycles. The van der Waals surface area contributed by atoms with Crippen molar-refractivity contribution in [2.24, 2.45) is 0 Å². The Morgan fingerprint density at radius 1 is 1.35 bits per heavy atom. The van der Waals surface area contributed by atoms with Gasteiger partial charge in [-0.2, -0.15) is 0 Å². The Labute approximate surface area is 186 Å². The number of nitrogens with zero attached hydrogens (tertiary/aromatic N) is 5. The summed E-state index contributed by atoms with van der Waals surface area (Å²) >= 11 is 1.54. The molecule has 9 heteroatoms. The highest BCUT2D eigenvalue weighted by Gasteiger charge is 2.31. The monoisotopic (exact) mass is 440 g/mol. The lowest BCUT2D eigenvalue weighted by Crippen LogP contribution is -2.39. The molecule has 3 aromatic rings. The van der Waals surface area contributed by atoms with E-state index in [9.17, 15) is 4.79 Å². The van der Waals surface area contributed by atoms with Crippen molar-refractivity contribution in [2.45, 2.75) is 58.8 Å². The molecule has 8 nitrogen and oxygen atoms in total. The molecule has 0 radical (unpaired) electrons. The number of aryl methyl sites for hydroxylation is 2. The van der Waals surface area contributed by atoms with Gasteiger partial charge in [-0.3, -0.25) is 4.79 Å². The Hall–Kier alpha value is -2.81. The van der Waals surface area contributed by atoms with E-state index in [2.05, 4.69) is 27.6 Å². The predicted octanol–water partition coefficient (Wildman–Crippen LogP) is 4.68. The van der Waals surface area contributed by atoms with Crippen LogP contribution in [0.2, 0.25) is 0 Å². The standard InChI is InChI=1S/C22H28N6O2S/c1-5-18-25-26-22(31-18)24-17-10-6-9-16(23-17)15-8-7-11-28(12-15)21(29)19-14(4)30-27-20(19)13(2)3/h6,9-10,13,15H,5,7-8,11-12H2,1-4H3,(H,23,24,26)/t15-/m1/s1. The fourth-order valence-corrected chi connectivity index (χ4v) is 4.60. The molecule has 1 aliphatic heterocycles. The Balaban J connectivity index is 1.50. The predicted molar refractivity (Wildman–Crippen MR) is 120 cm³/mol. The summed E-state index contributed by atoms with van der Waals surface area (Å²) in [6.45, 7) is 9.29. The molecule has 0 aromatic carbocycles. The molecule has 1 fully saturated rings. The van der Waals surface area contributed by atoms with Gasteiger partial charge in [0.25, 0.3) is 5.91 Å². The summed E-state index contributed by atoms with van der Waals surface area (Å²) in [6, 6.07) is 5.96. The number of hydrogen-bond donors (Lipinski definition) is 1. The highest BCUT2D eigenvalue weighted by atomic mass is 32.1. The van der Waals surface area contributed by atoms with Gasteiger partial charge in [0.2, 0.25) is 5.13 Å². The molecule has 1 saturated heterocycles. The summed E-state index contributed by atoms with van der Waals surface area (Å²) in [5, 5.41) is 17.4. The largest absolute Gasteiger partial charge is 0.361 e. The molecule has 1 aliphatic rings. The van der Waals surface area contributed by atoms with E-state index in [1.54, 1.807) is 0 Å². The van der Waals surface area contributed by atoms with Crippen molar-refractivity contribution in [3.8, 4) is 0 Å². The normalized spacial score (nSPS) is 16.7. The van der Waals surface area contributed by atoms with Crippen molar-refractivity contribution in [1.29, 1.82) is 0 Å². The Bertz CT molecular complexity index is 1060. The molecule has 1 amide bonds. The zero-order valence-corrected chi connectivity index (χ0v) is 19.2. The van der Waals surface area contributed by atoms with Gasteiger partial charge in [-0.05, 0) is 44.2 Å². The van der Waals surface area contributed by atoms with E-state index in [0.717, 1.165) is 53.2 Å². The second-order valence-corrected chi connectivity index (χ2v) is 9.23. The number of hydrogen-bond acceptors (Lipinski definition) is 8. The van der Waals surface area contributed by atoms with Crippen molar-refractivity contribution in [1.82, 2.24) is 25.2 Å². The summed E-state index contributed by atoms with van der Waals surface area (Å²) in [5.41, 5.74) is 2.33. The van der Waals surface area contributed by atoms with E-state index in [1.165, 1.54) is 11.3 Å². The van der Waals surface area contributed by atoms with Gasteiger partial charge in [-0.1, -0.05) is 43.3 Å². The van der Waals surface area contributed by atoms with E-state index in [4.69, 9.17) is 9.51 Å². The van der Waals surface area contributed by atoms with E-state index in [-0.39, 0.29) is 17.7 Å². The highest BCUT2D eigenvalue weighted by Crippen LogP contribution is 2.30. The van der Waals surface area contributed by atoms with Crippen molar-refractivity contribution >= 4 is 28.2 Å². The Morgan fingerprint density at radius 2 is 2.19 bits per heavy atom. The minimum absolute atomic E-state index is 0.00221. The summed E-state index contributed by atoms with van der Waals surface area (Å²) in [7, 11) is 0. The van der Waals surface area contributed by atoms with Crippen LogP contribution in [0.25, 0.3) is 0 Å². The van der Waals surface area contributed by atoms with Crippen LogP contribution in [0.5, 0.6) is 0 Å². The van der Waals surface area contributed by atoms with Crippen molar-refractivity contribution < 1.29 is 9.32 Å². The van der Waals surface area contributed by atoms with Crippen LogP contribution in [0, 0.1) is 6.92 Å². The number of piperidine rings is 1. The first kappa shape index (κ1) is 21.4. The minimum atomic E-state index is 0.00221. The third kappa shape index (κ3) is 4.61. The third-order valence-electron chi connectivity index (χ3n) is 5.55. The lowest BCUT2D eigenvalue weighted by molar-refractivity contribution is 0.0703. The number of rotatable bonds is 6. The number of pyridine rings is 1. The summed E-state index contributed by atoms with van der Waals surface area (Å²) < 4.78 is 5.33. The van der Waals surface area contributed by atoms with Crippen LogP contribution in [0.4, 0.5) is 10.9 Å². The average molecular weight is 441 g/mol. The van der Waals surface area contributed by atoms with E-state index < -0.39 is 0 Å². The fourth-order valence-electron chi connectivity index (χ4n) is 3.91. The Kier molecular flexibility index (Phi) is 6.31. The van der Waals surface area contributed by atoms with Crippen molar-refractivity contribution in [3.63, 3.8) is 0 Å². The van der Waals surface area contributed by atoms with Gasteiger partial charge in [-0.25, -0.2) is 4.98 Å². The maximum absolute atomic E-state index is 13.3. The van der Waals surface area contributed by atoms with E-state index >= 15 is 0 Å². The quantitative estimate of drug-likeness (QED) is 0.594. The van der Waals surface area contributed by atoms with Crippen molar-refractivity contribution in [3.05, 3.63) is 45.9 Å². The average Bonchev–Trinajstić information content (AvgIpc) is 3.39. The van der Waals surface area contributed by atoms with Crippen molar-refractivity contribution in [2.75, 3.05) is 18.4 Å². The molecule has 31 heavy (non-hydrogen) atoms. The minimum Gasteiger partial charge on any atom is -0.361 e. The van der Waals surface area contributed by atoms with Crippen LogP contribution in [-0.2, 0) is 6.42 Å². The lowest BCUT2D eigenvalue weighted by Gasteiger charge is -2.32. The van der Waals surface area contributed by atoms with Crippen LogP contribution in [0.3, 0.4) is 0 Å². The number of aromatic nitrogens is 4. The molecule has 1 N–H and O–H groups in total. The molecule has 4 rings (SSSR count). The molecule has 4 heterocycles. The topological polar surface area (TPSA) is 97.0 Å². The first-order valence-corrected chi connectivity index (χ1v) is 11.6. The number of anilines is 2. The van der Waals surface area contributed by atoms with E-state index in [1.807, 2.05) is 43.9 Å². The highest BCUT2D eigenvalue weighted by molar-refractivity contribution is 7.15. The third-order valence-corrected chi connectivity index (χ3v) is 6.53. The zero-order valence-electron chi connectivity index (χ0n) is 18.4. The first-order valence-electron chi connectivity index (χ1n) is 10.8.